The maximum atomic E-state index is 13.7. The second-order valence-corrected chi connectivity index (χ2v) is 9.60. The molecule has 0 bridgehead atoms. The van der Waals surface area contributed by atoms with Crippen LogP contribution in [0, 0.1) is 0 Å². The Bertz CT molecular complexity index is 1550. The van der Waals surface area contributed by atoms with E-state index in [4.69, 9.17) is 18.6 Å². The van der Waals surface area contributed by atoms with E-state index in [2.05, 4.69) is 10.2 Å². The van der Waals surface area contributed by atoms with Crippen LogP contribution in [0.4, 0.5) is 0 Å². The number of rotatable bonds is 7. The van der Waals surface area contributed by atoms with E-state index in [-0.39, 0.29) is 29.8 Å². The van der Waals surface area contributed by atoms with Gasteiger partial charge in [-0.3, -0.25) is 9.69 Å². The Balaban J connectivity index is 1.61. The quantitative estimate of drug-likeness (QED) is 0.361. The van der Waals surface area contributed by atoms with Crippen molar-refractivity contribution in [2.45, 2.75) is 26.7 Å². The SMILES string of the molecule is CCOC(=O)C1=C(C)NC(C)=C(C(=O)OCCN2CCOCC2)C1c1cccc2c(=O)c3ccccc3oc12. The molecular formula is C30H32N2O7. The van der Waals surface area contributed by atoms with Crippen LogP contribution in [0.15, 0.2) is 74.2 Å². The van der Waals surface area contributed by atoms with E-state index in [1.807, 2.05) is 0 Å². The Morgan fingerprint density at radius 3 is 2.33 bits per heavy atom. The molecule has 1 atom stereocenters. The second kappa shape index (κ2) is 11.4. The molecular weight excluding hydrogens is 500 g/mol. The van der Waals surface area contributed by atoms with Crippen molar-refractivity contribution in [3.05, 3.63) is 80.8 Å². The lowest BCUT2D eigenvalue weighted by Crippen LogP contribution is -2.39. The van der Waals surface area contributed by atoms with Crippen molar-refractivity contribution >= 4 is 33.9 Å². The van der Waals surface area contributed by atoms with Crippen molar-refractivity contribution in [2.75, 3.05) is 46.1 Å². The maximum Gasteiger partial charge on any atom is 0.336 e. The first-order valence-corrected chi connectivity index (χ1v) is 13.2. The fourth-order valence-electron chi connectivity index (χ4n) is 5.30. The summed E-state index contributed by atoms with van der Waals surface area (Å²) >= 11 is 0. The minimum atomic E-state index is -0.866. The average molecular weight is 533 g/mol. The highest BCUT2D eigenvalue weighted by Crippen LogP contribution is 2.42. The summed E-state index contributed by atoms with van der Waals surface area (Å²) in [6.07, 6.45) is 0. The summed E-state index contributed by atoms with van der Waals surface area (Å²) in [5.41, 5.74) is 2.72. The van der Waals surface area contributed by atoms with Crippen LogP contribution in [0.3, 0.4) is 0 Å². The standard InChI is InChI=1S/C30H32N2O7/c1-4-37-29(34)24-18(2)31-19(3)25(30(35)38-17-14-32-12-15-36-16-13-32)26(24)21-9-7-10-22-27(33)20-8-5-6-11-23(20)39-28(21)22/h5-11,26,31H,4,12-17H2,1-3H3. The van der Waals surface area contributed by atoms with Gasteiger partial charge in [-0.15, -0.1) is 0 Å². The lowest BCUT2D eigenvalue weighted by atomic mass is 9.79. The molecule has 3 heterocycles. The van der Waals surface area contributed by atoms with Gasteiger partial charge in [0.1, 0.15) is 17.8 Å². The van der Waals surface area contributed by atoms with Gasteiger partial charge >= 0.3 is 11.9 Å². The van der Waals surface area contributed by atoms with E-state index >= 15 is 0 Å². The third kappa shape index (κ3) is 5.20. The van der Waals surface area contributed by atoms with Crippen molar-refractivity contribution in [1.82, 2.24) is 10.2 Å². The third-order valence-corrected chi connectivity index (χ3v) is 7.16. The second-order valence-electron chi connectivity index (χ2n) is 9.60. The monoisotopic (exact) mass is 532 g/mol. The molecule has 0 saturated carbocycles. The Morgan fingerprint density at radius 1 is 0.949 bits per heavy atom. The van der Waals surface area contributed by atoms with Crippen LogP contribution < -0.4 is 10.7 Å². The maximum absolute atomic E-state index is 13.7. The van der Waals surface area contributed by atoms with Crippen molar-refractivity contribution in [2.24, 2.45) is 0 Å². The Hall–Kier alpha value is -3.95. The van der Waals surface area contributed by atoms with Gasteiger partial charge in [-0.2, -0.15) is 0 Å². The molecule has 1 fully saturated rings. The van der Waals surface area contributed by atoms with E-state index in [0.717, 1.165) is 13.1 Å². The van der Waals surface area contributed by atoms with Crippen LogP contribution in [0.2, 0.25) is 0 Å². The van der Waals surface area contributed by atoms with Crippen LogP contribution in [0.25, 0.3) is 21.9 Å². The number of hydrogen-bond donors (Lipinski definition) is 1. The first kappa shape index (κ1) is 26.6. The van der Waals surface area contributed by atoms with Gasteiger partial charge in [0.05, 0.1) is 47.7 Å². The predicted molar refractivity (Wildman–Crippen MR) is 146 cm³/mol. The van der Waals surface area contributed by atoms with Crippen LogP contribution in [0.1, 0.15) is 32.3 Å². The molecule has 2 aliphatic rings. The number of esters is 2. The summed E-state index contributed by atoms with van der Waals surface area (Å²) in [6.45, 7) is 9.06. The number of fused-ring (bicyclic) bond motifs is 2. The molecule has 3 aromatic rings. The highest BCUT2D eigenvalue weighted by molar-refractivity contribution is 6.02. The Labute approximate surface area is 226 Å². The number of nitrogens with one attached hydrogen (secondary N) is 1. The minimum Gasteiger partial charge on any atom is -0.463 e. The first-order chi connectivity index (χ1) is 18.9. The summed E-state index contributed by atoms with van der Waals surface area (Å²) in [5.74, 6) is -1.97. The number of hydrogen-bond acceptors (Lipinski definition) is 9. The molecule has 1 N–H and O–H groups in total. The topological polar surface area (TPSA) is 107 Å². The molecule has 1 aromatic heterocycles. The van der Waals surface area contributed by atoms with E-state index in [0.29, 0.717) is 58.7 Å². The van der Waals surface area contributed by atoms with Crippen molar-refractivity contribution in [1.29, 1.82) is 0 Å². The molecule has 0 amide bonds. The molecule has 0 aliphatic carbocycles. The molecule has 5 rings (SSSR count). The highest BCUT2D eigenvalue weighted by atomic mass is 16.5. The molecule has 39 heavy (non-hydrogen) atoms. The number of benzene rings is 2. The summed E-state index contributed by atoms with van der Waals surface area (Å²) in [4.78, 5) is 42.5. The zero-order valence-corrected chi connectivity index (χ0v) is 22.4. The summed E-state index contributed by atoms with van der Waals surface area (Å²) in [7, 11) is 0. The van der Waals surface area contributed by atoms with Crippen molar-refractivity contribution in [3.8, 4) is 0 Å². The van der Waals surface area contributed by atoms with Gasteiger partial charge in [-0.1, -0.05) is 24.3 Å². The van der Waals surface area contributed by atoms with Gasteiger partial charge in [-0.05, 0) is 39.0 Å². The van der Waals surface area contributed by atoms with E-state index < -0.39 is 17.9 Å². The molecule has 1 unspecified atom stereocenters. The number of dihydropyridines is 1. The van der Waals surface area contributed by atoms with Gasteiger partial charge < -0.3 is 23.9 Å². The largest absolute Gasteiger partial charge is 0.463 e. The fourth-order valence-corrected chi connectivity index (χ4v) is 5.30. The van der Waals surface area contributed by atoms with Crippen LogP contribution in [-0.2, 0) is 23.8 Å². The van der Waals surface area contributed by atoms with Gasteiger partial charge in [0.15, 0.2) is 0 Å². The molecule has 9 heteroatoms. The highest BCUT2D eigenvalue weighted by Gasteiger charge is 2.39. The first-order valence-electron chi connectivity index (χ1n) is 13.2. The zero-order valence-electron chi connectivity index (χ0n) is 22.4. The molecule has 204 valence electrons. The van der Waals surface area contributed by atoms with Crippen LogP contribution >= 0.6 is 0 Å². The van der Waals surface area contributed by atoms with E-state index in [1.54, 1.807) is 63.2 Å². The Kier molecular flexibility index (Phi) is 7.81. The lowest BCUT2D eigenvalue weighted by molar-refractivity contribution is -0.140. The lowest BCUT2D eigenvalue weighted by Gasteiger charge is -2.31. The number of para-hydroxylation sites is 2. The third-order valence-electron chi connectivity index (χ3n) is 7.16. The molecule has 9 nitrogen and oxygen atoms in total. The molecule has 2 aliphatic heterocycles. The van der Waals surface area contributed by atoms with Crippen molar-refractivity contribution < 1.29 is 28.2 Å². The Morgan fingerprint density at radius 2 is 1.62 bits per heavy atom. The minimum absolute atomic E-state index is 0.166. The van der Waals surface area contributed by atoms with E-state index in [1.165, 1.54) is 0 Å². The van der Waals surface area contributed by atoms with Gasteiger partial charge in [0.2, 0.25) is 5.43 Å². The molecule has 1 saturated heterocycles. The van der Waals surface area contributed by atoms with Gasteiger partial charge in [0, 0.05) is 36.6 Å². The zero-order chi connectivity index (χ0) is 27.5. The normalized spacial score (nSPS) is 18.4. The number of allylic oxidation sites excluding steroid dienone is 2. The van der Waals surface area contributed by atoms with Crippen LogP contribution in [-0.4, -0.2) is 62.9 Å². The average Bonchev–Trinajstić information content (AvgIpc) is 2.93. The van der Waals surface area contributed by atoms with E-state index in [9.17, 15) is 14.4 Å². The smallest absolute Gasteiger partial charge is 0.336 e. The van der Waals surface area contributed by atoms with Crippen LogP contribution in [0.5, 0.6) is 0 Å². The molecule has 0 spiro atoms. The molecule has 2 aromatic carbocycles. The number of nitrogens with zero attached hydrogens (tertiary/aromatic N) is 1. The van der Waals surface area contributed by atoms with Gasteiger partial charge in [-0.25, -0.2) is 9.59 Å². The molecule has 0 radical (unpaired) electrons. The number of carbonyl (C=O) groups is 2. The van der Waals surface area contributed by atoms with Crippen molar-refractivity contribution in [3.63, 3.8) is 0 Å². The predicted octanol–water partition coefficient (Wildman–Crippen LogP) is 3.62. The number of morpholine rings is 1. The summed E-state index contributed by atoms with van der Waals surface area (Å²) in [6, 6.07) is 12.2. The number of carbonyl (C=O) groups excluding carboxylic acids is 2. The fraction of sp³-hybridized carbons (Fsp3) is 0.367. The summed E-state index contributed by atoms with van der Waals surface area (Å²) in [5, 5.41) is 3.99. The number of ether oxygens (including phenoxy) is 3. The summed E-state index contributed by atoms with van der Waals surface area (Å²) < 4.78 is 22.8. The van der Waals surface area contributed by atoms with Gasteiger partial charge in [0.25, 0.3) is 0 Å².